The Bertz CT molecular complexity index is 756. The number of aromatic nitrogens is 3. The first kappa shape index (κ1) is 15.9. The lowest BCUT2D eigenvalue weighted by Crippen LogP contribution is -2.44. The van der Waals surface area contributed by atoms with Crippen LogP contribution in [0.4, 0.5) is 0 Å². The van der Waals surface area contributed by atoms with E-state index in [1.807, 2.05) is 0 Å². The Hall–Kier alpha value is -2.00. The maximum Gasteiger partial charge on any atom is 0.248 e. The van der Waals surface area contributed by atoms with Crippen LogP contribution in [0, 0.1) is 13.8 Å². The highest BCUT2D eigenvalue weighted by Gasteiger charge is 2.35. The molecule has 1 unspecified atom stereocenters. The number of aryl methyl sites for hydroxylation is 2. The van der Waals surface area contributed by atoms with Crippen molar-refractivity contribution in [2.45, 2.75) is 37.7 Å². The minimum atomic E-state index is -3.64. The highest BCUT2D eigenvalue weighted by molar-refractivity contribution is 7.89. The van der Waals surface area contributed by atoms with E-state index in [9.17, 15) is 8.42 Å². The van der Waals surface area contributed by atoms with Crippen molar-refractivity contribution in [3.05, 3.63) is 29.8 Å². The highest BCUT2D eigenvalue weighted by Crippen LogP contribution is 2.26. The Labute approximate surface area is 134 Å². The fraction of sp³-hybridized carbons (Fsp3) is 0.500. The molecule has 0 bridgehead atoms. The van der Waals surface area contributed by atoms with Gasteiger partial charge in [-0.3, -0.25) is 0 Å². The van der Waals surface area contributed by atoms with E-state index in [0.717, 1.165) is 6.42 Å². The summed E-state index contributed by atoms with van der Waals surface area (Å²) >= 11 is 0. The van der Waals surface area contributed by atoms with Gasteiger partial charge < -0.3 is 9.26 Å². The second kappa shape index (κ2) is 6.25. The van der Waals surface area contributed by atoms with Crippen LogP contribution in [0.5, 0.6) is 5.88 Å². The standard InChI is InChI=1S/C14H18N4O4S/c1-10-14(11(2)22-17-10)23(19,20)18-8-4-5-12(9-18)21-13-6-3-7-15-16-13/h3,6-7,12H,4-5,8-9H2,1-2H3. The summed E-state index contributed by atoms with van der Waals surface area (Å²) in [5.74, 6) is 0.702. The Kier molecular flexibility index (Phi) is 4.31. The maximum atomic E-state index is 12.8. The van der Waals surface area contributed by atoms with Crippen LogP contribution >= 0.6 is 0 Å². The number of piperidine rings is 1. The molecule has 23 heavy (non-hydrogen) atoms. The van der Waals surface area contributed by atoms with E-state index in [1.54, 1.807) is 32.2 Å². The zero-order valence-electron chi connectivity index (χ0n) is 13.0. The lowest BCUT2D eigenvalue weighted by molar-refractivity contribution is 0.123. The number of nitrogens with zero attached hydrogens (tertiary/aromatic N) is 4. The minimum Gasteiger partial charge on any atom is -0.472 e. The quantitative estimate of drug-likeness (QED) is 0.829. The van der Waals surface area contributed by atoms with Crippen molar-refractivity contribution in [1.29, 1.82) is 0 Å². The van der Waals surface area contributed by atoms with Crippen molar-refractivity contribution in [2.24, 2.45) is 0 Å². The van der Waals surface area contributed by atoms with E-state index in [-0.39, 0.29) is 17.5 Å². The minimum absolute atomic E-state index is 0.151. The van der Waals surface area contributed by atoms with Crippen LogP contribution in [-0.4, -0.2) is 47.3 Å². The van der Waals surface area contributed by atoms with Crippen molar-refractivity contribution in [1.82, 2.24) is 19.7 Å². The van der Waals surface area contributed by atoms with Gasteiger partial charge in [0.2, 0.25) is 15.9 Å². The second-order valence-corrected chi connectivity index (χ2v) is 7.34. The summed E-state index contributed by atoms with van der Waals surface area (Å²) < 4.78 is 37.8. The third-order valence-corrected chi connectivity index (χ3v) is 5.85. The summed E-state index contributed by atoms with van der Waals surface area (Å²) in [5.41, 5.74) is 0.375. The fourth-order valence-corrected chi connectivity index (χ4v) is 4.51. The van der Waals surface area contributed by atoms with E-state index >= 15 is 0 Å². The van der Waals surface area contributed by atoms with Crippen LogP contribution in [0.15, 0.2) is 27.7 Å². The molecule has 124 valence electrons. The van der Waals surface area contributed by atoms with Gasteiger partial charge in [0.25, 0.3) is 0 Å². The van der Waals surface area contributed by atoms with Gasteiger partial charge in [0.15, 0.2) is 5.76 Å². The van der Waals surface area contributed by atoms with Crippen LogP contribution in [0.2, 0.25) is 0 Å². The topological polar surface area (TPSA) is 98.4 Å². The summed E-state index contributed by atoms with van der Waals surface area (Å²) in [5, 5.41) is 11.4. The summed E-state index contributed by atoms with van der Waals surface area (Å²) in [6.07, 6.45) is 2.79. The number of ether oxygens (including phenoxy) is 1. The lowest BCUT2D eigenvalue weighted by atomic mass is 10.1. The Morgan fingerprint density at radius 1 is 1.39 bits per heavy atom. The molecule has 8 nitrogen and oxygen atoms in total. The summed E-state index contributed by atoms with van der Waals surface area (Å²) in [4.78, 5) is 0.151. The zero-order chi connectivity index (χ0) is 16.4. The second-order valence-electron chi connectivity index (χ2n) is 5.46. The van der Waals surface area contributed by atoms with Crippen LogP contribution in [0.1, 0.15) is 24.3 Å². The smallest absolute Gasteiger partial charge is 0.248 e. The number of sulfonamides is 1. The summed E-state index contributed by atoms with van der Waals surface area (Å²) in [7, 11) is -3.64. The largest absolute Gasteiger partial charge is 0.472 e. The number of hydrogen-bond donors (Lipinski definition) is 0. The first-order valence-corrected chi connectivity index (χ1v) is 8.80. The van der Waals surface area contributed by atoms with Crippen LogP contribution in [0.3, 0.4) is 0 Å². The van der Waals surface area contributed by atoms with E-state index in [4.69, 9.17) is 9.26 Å². The Morgan fingerprint density at radius 3 is 2.87 bits per heavy atom. The predicted molar refractivity (Wildman–Crippen MR) is 80.4 cm³/mol. The number of rotatable bonds is 4. The molecule has 0 amide bonds. The van der Waals surface area contributed by atoms with Gasteiger partial charge in [0.1, 0.15) is 16.7 Å². The predicted octanol–water partition coefficient (Wildman–Crippen LogP) is 1.31. The molecule has 9 heteroatoms. The average Bonchev–Trinajstić information content (AvgIpc) is 2.88. The van der Waals surface area contributed by atoms with E-state index in [2.05, 4.69) is 15.4 Å². The van der Waals surface area contributed by atoms with Gasteiger partial charge in [-0.1, -0.05) is 5.16 Å². The Balaban J connectivity index is 1.78. The summed E-state index contributed by atoms with van der Waals surface area (Å²) in [6, 6.07) is 3.43. The van der Waals surface area contributed by atoms with Crippen molar-refractivity contribution in [3.63, 3.8) is 0 Å². The van der Waals surface area contributed by atoms with Crippen molar-refractivity contribution < 1.29 is 17.7 Å². The van der Waals surface area contributed by atoms with Gasteiger partial charge >= 0.3 is 0 Å². The molecule has 1 atom stereocenters. The van der Waals surface area contributed by atoms with E-state index in [1.165, 1.54) is 4.31 Å². The molecule has 0 spiro atoms. The normalized spacial score (nSPS) is 19.7. The van der Waals surface area contributed by atoms with Crippen molar-refractivity contribution in [3.8, 4) is 5.88 Å². The molecule has 0 radical (unpaired) electrons. The molecular weight excluding hydrogens is 320 g/mol. The summed E-state index contributed by atoms with van der Waals surface area (Å²) in [6.45, 7) is 3.95. The van der Waals surface area contributed by atoms with Crippen LogP contribution in [0.25, 0.3) is 0 Å². The monoisotopic (exact) mass is 338 g/mol. The van der Waals surface area contributed by atoms with Crippen LogP contribution < -0.4 is 4.74 Å². The molecular formula is C14H18N4O4S. The molecule has 0 N–H and O–H groups in total. The van der Waals surface area contributed by atoms with Crippen LogP contribution in [-0.2, 0) is 10.0 Å². The molecule has 0 aromatic carbocycles. The molecule has 1 aliphatic rings. The first-order chi connectivity index (χ1) is 11.0. The zero-order valence-corrected chi connectivity index (χ0v) is 13.8. The average molecular weight is 338 g/mol. The van der Waals surface area contributed by atoms with Gasteiger partial charge in [0.05, 0.1) is 6.54 Å². The maximum absolute atomic E-state index is 12.8. The molecule has 2 aromatic rings. The molecule has 1 aliphatic heterocycles. The number of hydrogen-bond acceptors (Lipinski definition) is 7. The van der Waals surface area contributed by atoms with Gasteiger partial charge in [-0.15, -0.1) is 5.10 Å². The lowest BCUT2D eigenvalue weighted by Gasteiger charge is -2.31. The molecule has 3 heterocycles. The molecule has 0 aliphatic carbocycles. The first-order valence-electron chi connectivity index (χ1n) is 7.36. The van der Waals surface area contributed by atoms with E-state index in [0.29, 0.717) is 30.3 Å². The molecule has 1 saturated heterocycles. The third kappa shape index (κ3) is 3.20. The van der Waals surface area contributed by atoms with Crippen molar-refractivity contribution in [2.75, 3.05) is 13.1 Å². The SMILES string of the molecule is Cc1noc(C)c1S(=O)(=O)N1CCCC(Oc2cccnn2)C1. The fourth-order valence-electron chi connectivity index (χ4n) is 2.71. The Morgan fingerprint density at radius 2 is 2.22 bits per heavy atom. The van der Waals surface area contributed by atoms with Gasteiger partial charge in [-0.2, -0.15) is 9.40 Å². The van der Waals surface area contributed by atoms with Gasteiger partial charge in [-0.25, -0.2) is 8.42 Å². The molecule has 0 saturated carbocycles. The third-order valence-electron chi connectivity index (χ3n) is 3.74. The highest BCUT2D eigenvalue weighted by atomic mass is 32.2. The van der Waals surface area contributed by atoms with Crippen molar-refractivity contribution >= 4 is 10.0 Å². The molecule has 3 rings (SSSR count). The molecule has 2 aromatic heterocycles. The van der Waals surface area contributed by atoms with Gasteiger partial charge in [0, 0.05) is 18.8 Å². The van der Waals surface area contributed by atoms with Gasteiger partial charge in [-0.05, 0) is 32.8 Å². The molecule has 1 fully saturated rings. The van der Waals surface area contributed by atoms with E-state index < -0.39 is 10.0 Å².